The van der Waals surface area contributed by atoms with Gasteiger partial charge in [-0.1, -0.05) is 71.9 Å². The maximum Gasteiger partial charge on any atom is 0.257 e. The van der Waals surface area contributed by atoms with Crippen LogP contribution in [-0.4, -0.2) is 32.3 Å². The van der Waals surface area contributed by atoms with Crippen molar-refractivity contribution in [3.63, 3.8) is 0 Å². The van der Waals surface area contributed by atoms with E-state index in [1.54, 1.807) is 36.4 Å². The summed E-state index contributed by atoms with van der Waals surface area (Å²) in [4.78, 5) is 24.6. The molecule has 8 heteroatoms. The van der Waals surface area contributed by atoms with Gasteiger partial charge in [0.2, 0.25) is 5.91 Å². The predicted molar refractivity (Wildman–Crippen MR) is 126 cm³/mol. The van der Waals surface area contributed by atoms with Crippen LogP contribution in [-0.2, 0) is 11.3 Å². The minimum atomic E-state index is -0.427. The fraction of sp³-hybridized carbons (Fsp3) is 0.0833. The van der Waals surface area contributed by atoms with Gasteiger partial charge in [-0.15, -0.1) is 10.2 Å². The number of imide groups is 1. The van der Waals surface area contributed by atoms with E-state index in [-0.39, 0.29) is 5.75 Å². The molecule has 0 saturated carbocycles. The summed E-state index contributed by atoms with van der Waals surface area (Å²) < 4.78 is 1.95. The van der Waals surface area contributed by atoms with Gasteiger partial charge in [0.1, 0.15) is 0 Å². The van der Waals surface area contributed by atoms with Crippen molar-refractivity contribution in [3.8, 4) is 11.4 Å². The van der Waals surface area contributed by atoms with Gasteiger partial charge < -0.3 is 0 Å². The molecule has 0 aliphatic heterocycles. The first kappa shape index (κ1) is 21.8. The summed E-state index contributed by atoms with van der Waals surface area (Å²) in [7, 11) is 0. The molecule has 6 nitrogen and oxygen atoms in total. The number of nitrogens with one attached hydrogen (secondary N) is 1. The number of rotatable bonds is 7. The molecule has 0 bridgehead atoms. The third-order valence-corrected chi connectivity index (χ3v) is 5.84. The first-order valence-corrected chi connectivity index (χ1v) is 11.2. The Kier molecular flexibility index (Phi) is 6.99. The molecule has 0 saturated heterocycles. The standard InChI is InChI=1S/C24H19ClN4O2S/c25-20-13-11-18(12-14-20)22-27-28-24(29(22)15-17-7-3-1-4-8-17)32-16-21(30)26-23(31)19-9-5-2-6-10-19/h1-14H,15-16H2,(H,26,30,31). The van der Waals surface area contributed by atoms with Crippen LogP contribution >= 0.6 is 23.4 Å². The Labute approximate surface area is 194 Å². The fourth-order valence-corrected chi connectivity index (χ4v) is 3.93. The van der Waals surface area contributed by atoms with Crippen molar-refractivity contribution >= 4 is 35.2 Å². The zero-order valence-electron chi connectivity index (χ0n) is 16.9. The summed E-state index contributed by atoms with van der Waals surface area (Å²) in [6.45, 7) is 0.540. The lowest BCUT2D eigenvalue weighted by Crippen LogP contribution is -2.31. The van der Waals surface area contributed by atoms with Crippen molar-refractivity contribution in [2.45, 2.75) is 11.7 Å². The van der Waals surface area contributed by atoms with Crippen molar-refractivity contribution in [2.24, 2.45) is 0 Å². The second-order valence-corrected chi connectivity index (χ2v) is 8.30. The lowest BCUT2D eigenvalue weighted by molar-refractivity contribution is -0.117. The molecule has 4 rings (SSSR count). The van der Waals surface area contributed by atoms with E-state index in [1.165, 1.54) is 11.8 Å². The number of hydrogen-bond acceptors (Lipinski definition) is 5. The predicted octanol–water partition coefficient (Wildman–Crippen LogP) is 4.70. The van der Waals surface area contributed by atoms with E-state index in [9.17, 15) is 9.59 Å². The van der Waals surface area contributed by atoms with Crippen LogP contribution in [0.15, 0.2) is 90.1 Å². The third-order valence-electron chi connectivity index (χ3n) is 4.62. The first-order valence-electron chi connectivity index (χ1n) is 9.85. The Morgan fingerprint density at radius 1 is 0.875 bits per heavy atom. The number of amides is 2. The molecule has 160 valence electrons. The molecule has 4 aromatic rings. The molecule has 0 fully saturated rings. The van der Waals surface area contributed by atoms with Gasteiger partial charge in [-0.3, -0.25) is 19.5 Å². The van der Waals surface area contributed by atoms with Crippen LogP contribution in [0.4, 0.5) is 0 Å². The van der Waals surface area contributed by atoms with Crippen LogP contribution in [0.5, 0.6) is 0 Å². The molecule has 0 atom stereocenters. The minimum absolute atomic E-state index is 0.0338. The zero-order valence-corrected chi connectivity index (χ0v) is 18.5. The quantitative estimate of drug-likeness (QED) is 0.403. The smallest absolute Gasteiger partial charge is 0.257 e. The molecule has 3 aromatic carbocycles. The van der Waals surface area contributed by atoms with E-state index in [1.807, 2.05) is 53.1 Å². The Morgan fingerprint density at radius 3 is 2.22 bits per heavy atom. The van der Waals surface area contributed by atoms with Gasteiger partial charge in [-0.05, 0) is 42.0 Å². The molecule has 1 heterocycles. The Morgan fingerprint density at radius 2 is 1.53 bits per heavy atom. The maximum absolute atomic E-state index is 12.4. The Hall–Kier alpha value is -3.42. The van der Waals surface area contributed by atoms with Crippen LogP contribution in [0.1, 0.15) is 15.9 Å². The fourth-order valence-electron chi connectivity index (χ4n) is 3.07. The van der Waals surface area contributed by atoms with Gasteiger partial charge in [0, 0.05) is 16.1 Å². The second-order valence-electron chi connectivity index (χ2n) is 6.92. The molecule has 0 aliphatic carbocycles. The Bertz CT molecular complexity index is 1210. The molecule has 2 amide bonds. The van der Waals surface area contributed by atoms with Crippen LogP contribution < -0.4 is 5.32 Å². The Balaban J connectivity index is 1.52. The number of thioether (sulfide) groups is 1. The number of benzene rings is 3. The highest BCUT2D eigenvalue weighted by Crippen LogP contribution is 2.26. The lowest BCUT2D eigenvalue weighted by Gasteiger charge is -2.11. The van der Waals surface area contributed by atoms with Crippen LogP contribution in [0, 0.1) is 0 Å². The average molecular weight is 463 g/mol. The molecule has 0 unspecified atom stereocenters. The molecule has 0 aliphatic rings. The lowest BCUT2D eigenvalue weighted by atomic mass is 10.2. The molecular weight excluding hydrogens is 444 g/mol. The van der Waals surface area contributed by atoms with Crippen molar-refractivity contribution in [1.82, 2.24) is 20.1 Å². The summed E-state index contributed by atoms with van der Waals surface area (Å²) in [5.74, 6) is -0.115. The first-order chi connectivity index (χ1) is 15.6. The summed E-state index contributed by atoms with van der Waals surface area (Å²) in [5, 5.41) is 12.3. The highest BCUT2D eigenvalue weighted by molar-refractivity contribution is 7.99. The summed E-state index contributed by atoms with van der Waals surface area (Å²) in [6.07, 6.45) is 0. The molecule has 0 spiro atoms. The normalized spacial score (nSPS) is 10.7. The zero-order chi connectivity index (χ0) is 22.3. The molecule has 32 heavy (non-hydrogen) atoms. The van der Waals surface area contributed by atoms with E-state index in [4.69, 9.17) is 11.6 Å². The molecule has 1 aromatic heterocycles. The summed E-state index contributed by atoms with van der Waals surface area (Å²) in [5.41, 5.74) is 2.38. The van der Waals surface area contributed by atoms with Crippen molar-refractivity contribution < 1.29 is 9.59 Å². The molecular formula is C24H19ClN4O2S. The van der Waals surface area contributed by atoms with E-state index in [0.29, 0.717) is 28.1 Å². The van der Waals surface area contributed by atoms with Crippen LogP contribution in [0.2, 0.25) is 5.02 Å². The number of halogens is 1. The van der Waals surface area contributed by atoms with Gasteiger partial charge in [0.05, 0.1) is 12.3 Å². The van der Waals surface area contributed by atoms with Gasteiger partial charge in [-0.2, -0.15) is 0 Å². The van der Waals surface area contributed by atoms with Gasteiger partial charge >= 0.3 is 0 Å². The monoisotopic (exact) mass is 462 g/mol. The summed E-state index contributed by atoms with van der Waals surface area (Å²) in [6, 6.07) is 25.9. The molecule has 1 N–H and O–H groups in total. The third kappa shape index (κ3) is 5.43. The van der Waals surface area contributed by atoms with Crippen LogP contribution in [0.3, 0.4) is 0 Å². The van der Waals surface area contributed by atoms with Gasteiger partial charge in [0.15, 0.2) is 11.0 Å². The van der Waals surface area contributed by atoms with E-state index >= 15 is 0 Å². The van der Waals surface area contributed by atoms with Crippen molar-refractivity contribution in [2.75, 3.05) is 5.75 Å². The van der Waals surface area contributed by atoms with E-state index < -0.39 is 11.8 Å². The second kappa shape index (κ2) is 10.3. The van der Waals surface area contributed by atoms with E-state index in [0.717, 1.165) is 11.1 Å². The van der Waals surface area contributed by atoms with Crippen LogP contribution in [0.25, 0.3) is 11.4 Å². The molecule has 0 radical (unpaired) electrons. The number of aromatic nitrogens is 3. The largest absolute Gasteiger partial charge is 0.298 e. The van der Waals surface area contributed by atoms with Gasteiger partial charge in [-0.25, -0.2) is 0 Å². The SMILES string of the molecule is O=C(CSc1nnc(-c2ccc(Cl)cc2)n1Cc1ccccc1)NC(=O)c1ccccc1. The number of nitrogens with zero attached hydrogens (tertiary/aromatic N) is 3. The minimum Gasteiger partial charge on any atom is -0.298 e. The average Bonchev–Trinajstić information content (AvgIpc) is 3.21. The highest BCUT2D eigenvalue weighted by Gasteiger charge is 2.17. The van der Waals surface area contributed by atoms with Crippen molar-refractivity contribution in [3.05, 3.63) is 101 Å². The highest BCUT2D eigenvalue weighted by atomic mass is 35.5. The number of carbonyl (C=O) groups excluding carboxylic acids is 2. The number of hydrogen-bond donors (Lipinski definition) is 1. The van der Waals surface area contributed by atoms with E-state index in [2.05, 4.69) is 15.5 Å². The maximum atomic E-state index is 12.4. The summed E-state index contributed by atoms with van der Waals surface area (Å²) >= 11 is 7.25. The topological polar surface area (TPSA) is 76.9 Å². The van der Waals surface area contributed by atoms with Crippen molar-refractivity contribution in [1.29, 1.82) is 0 Å². The van der Waals surface area contributed by atoms with Gasteiger partial charge in [0.25, 0.3) is 5.91 Å². The number of carbonyl (C=O) groups is 2.